The van der Waals surface area contributed by atoms with Crippen LogP contribution < -0.4 is 15.0 Å². The number of rotatable bonds is 8. The van der Waals surface area contributed by atoms with Crippen LogP contribution in [0.15, 0.2) is 90.0 Å². The fourth-order valence-electron chi connectivity index (χ4n) is 5.35. The number of ether oxygens (including phenoxy) is 1. The number of piperidine rings is 1. The van der Waals surface area contributed by atoms with Crippen molar-refractivity contribution >= 4 is 27.2 Å². The summed E-state index contributed by atoms with van der Waals surface area (Å²) >= 11 is 0. The molecular formula is C33H35FN4O4S. The van der Waals surface area contributed by atoms with Crippen molar-refractivity contribution in [3.05, 3.63) is 108 Å². The van der Waals surface area contributed by atoms with Gasteiger partial charge in [0, 0.05) is 55.6 Å². The Labute approximate surface area is 252 Å². The van der Waals surface area contributed by atoms with E-state index in [-0.39, 0.29) is 22.8 Å². The van der Waals surface area contributed by atoms with Gasteiger partial charge in [-0.15, -0.1) is 0 Å². The maximum atomic E-state index is 13.4. The van der Waals surface area contributed by atoms with Gasteiger partial charge >= 0.3 is 6.03 Å². The molecule has 0 saturated carbocycles. The molecule has 4 aromatic rings. The van der Waals surface area contributed by atoms with Crippen molar-refractivity contribution in [2.75, 3.05) is 29.6 Å². The number of para-hydroxylation sites is 1. The van der Waals surface area contributed by atoms with E-state index >= 15 is 0 Å². The molecule has 2 heterocycles. The molecule has 1 fully saturated rings. The van der Waals surface area contributed by atoms with Gasteiger partial charge in [0.2, 0.25) is 5.88 Å². The Bertz CT molecular complexity index is 1650. The minimum absolute atomic E-state index is 0.00793. The third-order valence-electron chi connectivity index (χ3n) is 7.54. The summed E-state index contributed by atoms with van der Waals surface area (Å²) in [6, 6.07) is 22.2. The van der Waals surface area contributed by atoms with Gasteiger partial charge in [-0.3, -0.25) is 9.80 Å². The number of carbonyl (C=O) groups excluding carboxylic acids is 1. The Hall–Kier alpha value is -4.28. The molecule has 1 aliphatic rings. The van der Waals surface area contributed by atoms with Crippen LogP contribution in [0, 0.1) is 19.7 Å². The third-order valence-corrected chi connectivity index (χ3v) is 8.64. The highest BCUT2D eigenvalue weighted by Crippen LogP contribution is 2.31. The molecule has 3 aromatic carbocycles. The van der Waals surface area contributed by atoms with Gasteiger partial charge in [0.25, 0.3) is 0 Å². The molecule has 224 valence electrons. The van der Waals surface area contributed by atoms with Gasteiger partial charge in [0.1, 0.15) is 11.6 Å². The number of amides is 2. The van der Waals surface area contributed by atoms with E-state index in [1.54, 1.807) is 35.4 Å². The first-order valence-electron chi connectivity index (χ1n) is 14.1. The predicted octanol–water partition coefficient (Wildman–Crippen LogP) is 6.74. The highest BCUT2D eigenvalue weighted by Gasteiger charge is 2.29. The zero-order chi connectivity index (χ0) is 30.6. The van der Waals surface area contributed by atoms with Gasteiger partial charge < -0.3 is 10.1 Å². The number of sulfone groups is 1. The molecule has 2 amide bonds. The third kappa shape index (κ3) is 7.57. The molecule has 0 aliphatic carbocycles. The molecule has 0 spiro atoms. The maximum absolute atomic E-state index is 13.4. The molecule has 5 rings (SSSR count). The van der Waals surface area contributed by atoms with E-state index in [0.717, 1.165) is 48.3 Å². The van der Waals surface area contributed by atoms with Crippen LogP contribution in [0.3, 0.4) is 0 Å². The molecule has 1 aromatic heterocycles. The number of halogens is 1. The summed E-state index contributed by atoms with van der Waals surface area (Å²) in [5, 5.41) is 2.91. The number of hydrogen-bond acceptors (Lipinski definition) is 6. The monoisotopic (exact) mass is 602 g/mol. The molecule has 1 aliphatic heterocycles. The van der Waals surface area contributed by atoms with Crippen molar-refractivity contribution in [3.8, 4) is 11.6 Å². The molecule has 0 radical (unpaired) electrons. The van der Waals surface area contributed by atoms with Crippen molar-refractivity contribution in [2.24, 2.45) is 0 Å². The number of aromatic nitrogens is 1. The van der Waals surface area contributed by atoms with E-state index in [4.69, 9.17) is 4.74 Å². The Morgan fingerprint density at radius 2 is 1.65 bits per heavy atom. The topological polar surface area (TPSA) is 91.8 Å². The maximum Gasteiger partial charge on any atom is 0.326 e. The number of carbonyl (C=O) groups is 1. The number of nitrogens with zero attached hydrogens (tertiary/aromatic N) is 3. The van der Waals surface area contributed by atoms with Crippen LogP contribution in [0.5, 0.6) is 11.6 Å². The Kier molecular flexibility index (Phi) is 9.08. The smallest absolute Gasteiger partial charge is 0.326 e. The van der Waals surface area contributed by atoms with Crippen LogP contribution in [0.25, 0.3) is 0 Å². The van der Waals surface area contributed by atoms with E-state index < -0.39 is 9.84 Å². The number of pyridine rings is 1. The van der Waals surface area contributed by atoms with Crippen LogP contribution >= 0.6 is 0 Å². The normalized spacial score (nSPS) is 14.3. The lowest BCUT2D eigenvalue weighted by Gasteiger charge is -2.38. The number of aryl methyl sites for hydroxylation is 2. The summed E-state index contributed by atoms with van der Waals surface area (Å²) in [5.41, 5.74) is 3.86. The SMILES string of the molecule is Cc1cc(S(C)(=O)=O)cc(C)c1Oc1ccc(CN2CCC(N(C(=O)Nc3ccc(F)cc3)c3ccccc3)CC2)cn1. The molecule has 8 nitrogen and oxygen atoms in total. The van der Waals surface area contributed by atoms with E-state index in [2.05, 4.69) is 15.2 Å². The zero-order valence-corrected chi connectivity index (χ0v) is 25.3. The lowest BCUT2D eigenvalue weighted by atomic mass is 10.0. The van der Waals surface area contributed by atoms with Crippen LogP contribution in [0.1, 0.15) is 29.5 Å². The second-order valence-electron chi connectivity index (χ2n) is 10.9. The fraction of sp³-hybridized carbons (Fsp3) is 0.273. The first-order valence-corrected chi connectivity index (χ1v) is 16.0. The second kappa shape index (κ2) is 12.9. The quantitative estimate of drug-likeness (QED) is 0.240. The molecule has 10 heteroatoms. The summed E-state index contributed by atoms with van der Waals surface area (Å²) in [4.78, 5) is 22.3. The molecule has 0 bridgehead atoms. The Morgan fingerprint density at radius 3 is 2.23 bits per heavy atom. The molecular weight excluding hydrogens is 567 g/mol. The molecule has 0 unspecified atom stereocenters. The lowest BCUT2D eigenvalue weighted by Crippen LogP contribution is -2.49. The molecule has 43 heavy (non-hydrogen) atoms. The van der Waals surface area contributed by atoms with Crippen LogP contribution in [0.2, 0.25) is 0 Å². The van der Waals surface area contributed by atoms with Crippen molar-refractivity contribution in [2.45, 2.75) is 44.2 Å². The lowest BCUT2D eigenvalue weighted by molar-refractivity contribution is 0.199. The standard InChI is InChI=1S/C33H35FN4O4S/c1-23-19-30(43(3,40)41)20-24(2)32(23)42-31-14-9-25(21-35-31)22-37-17-15-29(16-18-37)38(28-7-5-4-6-8-28)33(39)36-27-12-10-26(34)11-13-27/h4-14,19-21,29H,15-18,22H2,1-3H3,(H,36,39). The second-order valence-corrected chi connectivity index (χ2v) is 12.9. The Morgan fingerprint density at radius 1 is 1.00 bits per heavy atom. The number of nitrogens with one attached hydrogen (secondary N) is 1. The van der Waals surface area contributed by atoms with Crippen molar-refractivity contribution < 1.29 is 22.3 Å². The highest BCUT2D eigenvalue weighted by atomic mass is 32.2. The van der Waals surface area contributed by atoms with Gasteiger partial charge in [-0.2, -0.15) is 0 Å². The molecule has 1 saturated heterocycles. The van der Waals surface area contributed by atoms with Gasteiger partial charge in [-0.25, -0.2) is 22.6 Å². The van der Waals surface area contributed by atoms with E-state index in [0.29, 0.717) is 23.9 Å². The van der Waals surface area contributed by atoms with Gasteiger partial charge in [-0.1, -0.05) is 24.3 Å². The Balaban J connectivity index is 1.20. The number of hydrogen-bond donors (Lipinski definition) is 1. The minimum Gasteiger partial charge on any atom is -0.438 e. The van der Waals surface area contributed by atoms with Crippen molar-refractivity contribution in [1.82, 2.24) is 9.88 Å². The molecule has 1 N–H and O–H groups in total. The summed E-state index contributed by atoms with van der Waals surface area (Å²) < 4.78 is 43.3. The van der Waals surface area contributed by atoms with Crippen LogP contribution in [-0.4, -0.2) is 49.7 Å². The molecule has 0 atom stereocenters. The number of anilines is 2. The largest absolute Gasteiger partial charge is 0.438 e. The fourth-order valence-corrected chi connectivity index (χ4v) is 6.13. The van der Waals surface area contributed by atoms with Gasteiger partial charge in [0.05, 0.1) is 4.90 Å². The summed E-state index contributed by atoms with van der Waals surface area (Å²) in [6.07, 6.45) is 4.57. The van der Waals surface area contributed by atoms with Gasteiger partial charge in [-0.05, 0) is 91.9 Å². The van der Waals surface area contributed by atoms with Crippen LogP contribution in [0.4, 0.5) is 20.6 Å². The summed E-state index contributed by atoms with van der Waals surface area (Å²) in [7, 11) is -3.31. The van der Waals surface area contributed by atoms with Crippen molar-refractivity contribution in [3.63, 3.8) is 0 Å². The number of urea groups is 1. The number of likely N-dealkylation sites (tertiary alicyclic amines) is 1. The predicted molar refractivity (Wildman–Crippen MR) is 166 cm³/mol. The van der Waals surface area contributed by atoms with Crippen molar-refractivity contribution in [1.29, 1.82) is 0 Å². The minimum atomic E-state index is -3.31. The average Bonchev–Trinajstić information content (AvgIpc) is 2.98. The van der Waals surface area contributed by atoms with Crippen LogP contribution in [-0.2, 0) is 16.4 Å². The summed E-state index contributed by atoms with van der Waals surface area (Å²) in [6.45, 7) is 5.97. The van der Waals surface area contributed by atoms with Gasteiger partial charge in [0.15, 0.2) is 9.84 Å². The first-order chi connectivity index (χ1) is 20.6. The highest BCUT2D eigenvalue weighted by molar-refractivity contribution is 7.90. The van der Waals surface area contributed by atoms with E-state index in [1.807, 2.05) is 56.3 Å². The zero-order valence-electron chi connectivity index (χ0n) is 24.5. The van der Waals surface area contributed by atoms with E-state index in [9.17, 15) is 17.6 Å². The number of benzene rings is 3. The first kappa shape index (κ1) is 30.2. The average molecular weight is 603 g/mol. The summed E-state index contributed by atoms with van der Waals surface area (Å²) in [5.74, 6) is 0.682. The van der Waals surface area contributed by atoms with E-state index in [1.165, 1.54) is 18.4 Å².